The van der Waals surface area contributed by atoms with E-state index in [2.05, 4.69) is 34.9 Å². The maximum absolute atomic E-state index is 12.5. The highest BCUT2D eigenvalue weighted by Crippen LogP contribution is 2.25. The second kappa shape index (κ2) is 7.65. The number of hydrogen-bond donors (Lipinski definition) is 2. The molecular formula is C22H24N2O2. The lowest BCUT2D eigenvalue weighted by Crippen LogP contribution is -2.38. The molecule has 134 valence electrons. The van der Waals surface area contributed by atoms with Crippen LogP contribution in [0.15, 0.2) is 65.3 Å². The summed E-state index contributed by atoms with van der Waals surface area (Å²) >= 11 is 0. The highest BCUT2D eigenvalue weighted by atomic mass is 16.3. The molecule has 2 N–H and O–H groups in total. The fourth-order valence-electron chi connectivity index (χ4n) is 3.71. The summed E-state index contributed by atoms with van der Waals surface area (Å²) in [5.41, 5.74) is 2.69. The molecule has 26 heavy (non-hydrogen) atoms. The van der Waals surface area contributed by atoms with Gasteiger partial charge < -0.3 is 15.1 Å². The van der Waals surface area contributed by atoms with Crippen molar-refractivity contribution >= 4 is 22.6 Å². The van der Waals surface area contributed by atoms with Gasteiger partial charge in [-0.05, 0) is 68.0 Å². The lowest BCUT2D eigenvalue weighted by molar-refractivity contribution is 0.0923. The third kappa shape index (κ3) is 3.90. The van der Waals surface area contributed by atoms with Gasteiger partial charge in [-0.25, -0.2) is 0 Å². The Bertz CT molecular complexity index is 864. The van der Waals surface area contributed by atoms with Crippen molar-refractivity contribution in [2.75, 3.05) is 11.9 Å². The van der Waals surface area contributed by atoms with Crippen LogP contribution in [-0.2, 0) is 0 Å². The van der Waals surface area contributed by atoms with Gasteiger partial charge >= 0.3 is 0 Å². The summed E-state index contributed by atoms with van der Waals surface area (Å²) in [7, 11) is 0. The fourth-order valence-corrected chi connectivity index (χ4v) is 3.71. The van der Waals surface area contributed by atoms with E-state index >= 15 is 0 Å². The quantitative estimate of drug-likeness (QED) is 0.694. The summed E-state index contributed by atoms with van der Waals surface area (Å²) in [5, 5.41) is 7.68. The van der Waals surface area contributed by atoms with Crippen LogP contribution in [0.2, 0.25) is 0 Å². The molecule has 1 saturated carbocycles. The highest BCUT2D eigenvalue weighted by Gasteiger charge is 2.22. The molecule has 0 spiro atoms. The second-order valence-electron chi connectivity index (χ2n) is 7.11. The van der Waals surface area contributed by atoms with Gasteiger partial charge in [-0.3, -0.25) is 4.79 Å². The standard InChI is InChI=1S/C22H24N2O2/c25-22(18-8-11-21-17(14-18)12-13-26-21)24-20-9-6-16(7-10-20)15-23-19-4-2-1-3-5-19/h1-5,8,11-14,16,20,23H,6-7,9-10,15H2,(H,24,25)/t16-,20-. The van der Waals surface area contributed by atoms with Gasteiger partial charge in [0.25, 0.3) is 5.91 Å². The molecule has 4 heteroatoms. The molecule has 1 amide bonds. The van der Waals surface area contributed by atoms with Crippen LogP contribution < -0.4 is 10.6 Å². The summed E-state index contributed by atoms with van der Waals surface area (Å²) in [6.45, 7) is 1.00. The predicted octanol–water partition coefficient (Wildman–Crippen LogP) is 4.83. The van der Waals surface area contributed by atoms with Gasteiger partial charge in [0.05, 0.1) is 6.26 Å². The number of para-hydroxylation sites is 1. The number of nitrogens with one attached hydrogen (secondary N) is 2. The summed E-state index contributed by atoms with van der Waals surface area (Å²) in [6, 6.07) is 18.1. The van der Waals surface area contributed by atoms with E-state index in [4.69, 9.17) is 4.42 Å². The summed E-state index contributed by atoms with van der Waals surface area (Å²) < 4.78 is 5.33. The molecule has 1 fully saturated rings. The number of fused-ring (bicyclic) bond motifs is 1. The Labute approximate surface area is 153 Å². The number of furan rings is 1. The number of carbonyl (C=O) groups is 1. The van der Waals surface area contributed by atoms with E-state index in [-0.39, 0.29) is 11.9 Å². The van der Waals surface area contributed by atoms with Crippen molar-refractivity contribution in [2.24, 2.45) is 5.92 Å². The normalized spacial score (nSPS) is 20.0. The molecule has 1 heterocycles. The van der Waals surface area contributed by atoms with Crippen molar-refractivity contribution in [1.29, 1.82) is 0 Å². The molecular weight excluding hydrogens is 324 g/mol. The Hall–Kier alpha value is -2.75. The number of amides is 1. The molecule has 1 aromatic heterocycles. The first-order valence-electron chi connectivity index (χ1n) is 9.35. The number of benzene rings is 2. The maximum Gasteiger partial charge on any atom is 0.251 e. The Morgan fingerprint density at radius 3 is 2.62 bits per heavy atom. The molecule has 0 aliphatic heterocycles. The van der Waals surface area contributed by atoms with Crippen LogP contribution in [0.1, 0.15) is 36.0 Å². The zero-order chi connectivity index (χ0) is 17.8. The first-order valence-corrected chi connectivity index (χ1v) is 9.35. The average Bonchev–Trinajstić information content (AvgIpc) is 3.16. The number of carbonyl (C=O) groups excluding carboxylic acids is 1. The molecule has 2 aromatic carbocycles. The molecule has 3 aromatic rings. The highest BCUT2D eigenvalue weighted by molar-refractivity contribution is 5.97. The number of rotatable bonds is 5. The molecule has 0 radical (unpaired) electrons. The predicted molar refractivity (Wildman–Crippen MR) is 104 cm³/mol. The molecule has 0 atom stereocenters. The number of hydrogen-bond acceptors (Lipinski definition) is 3. The molecule has 1 aliphatic rings. The smallest absolute Gasteiger partial charge is 0.251 e. The molecule has 4 nitrogen and oxygen atoms in total. The largest absolute Gasteiger partial charge is 0.464 e. The Morgan fingerprint density at radius 1 is 1.00 bits per heavy atom. The van der Waals surface area contributed by atoms with Crippen LogP contribution >= 0.6 is 0 Å². The Balaban J connectivity index is 1.26. The molecule has 1 aliphatic carbocycles. The lowest BCUT2D eigenvalue weighted by Gasteiger charge is -2.29. The minimum absolute atomic E-state index is 0.0129. The lowest BCUT2D eigenvalue weighted by atomic mass is 9.86. The van der Waals surface area contributed by atoms with Gasteiger partial charge in [-0.2, -0.15) is 0 Å². The van der Waals surface area contributed by atoms with Crippen LogP contribution in [-0.4, -0.2) is 18.5 Å². The number of anilines is 1. The van der Waals surface area contributed by atoms with E-state index in [9.17, 15) is 4.79 Å². The third-order valence-corrected chi connectivity index (χ3v) is 5.27. The van der Waals surface area contributed by atoms with Crippen molar-refractivity contribution in [3.8, 4) is 0 Å². The van der Waals surface area contributed by atoms with E-state index in [1.807, 2.05) is 30.3 Å². The first-order chi connectivity index (χ1) is 12.8. The van der Waals surface area contributed by atoms with E-state index in [0.717, 1.165) is 43.2 Å². The molecule has 0 bridgehead atoms. The van der Waals surface area contributed by atoms with Crippen LogP contribution in [0.4, 0.5) is 5.69 Å². The van der Waals surface area contributed by atoms with E-state index < -0.39 is 0 Å². The maximum atomic E-state index is 12.5. The van der Waals surface area contributed by atoms with Crippen LogP contribution in [0, 0.1) is 5.92 Å². The van der Waals surface area contributed by atoms with Gasteiger partial charge in [0.1, 0.15) is 5.58 Å². The Morgan fingerprint density at radius 2 is 1.81 bits per heavy atom. The van der Waals surface area contributed by atoms with Crippen LogP contribution in [0.25, 0.3) is 11.0 Å². The van der Waals surface area contributed by atoms with Gasteiger partial charge in [0.15, 0.2) is 0 Å². The van der Waals surface area contributed by atoms with Gasteiger partial charge in [0.2, 0.25) is 0 Å². The summed E-state index contributed by atoms with van der Waals surface area (Å²) in [6.07, 6.45) is 6.02. The van der Waals surface area contributed by atoms with Crippen molar-refractivity contribution in [1.82, 2.24) is 5.32 Å². The topological polar surface area (TPSA) is 54.3 Å². The van der Waals surface area contributed by atoms with Crippen molar-refractivity contribution < 1.29 is 9.21 Å². The SMILES string of the molecule is O=C(N[C@H]1CC[C@H](CNc2ccccc2)CC1)c1ccc2occc2c1. The zero-order valence-electron chi connectivity index (χ0n) is 14.8. The van der Waals surface area contributed by atoms with Gasteiger partial charge in [0, 0.05) is 29.2 Å². The van der Waals surface area contributed by atoms with E-state index in [0.29, 0.717) is 11.5 Å². The van der Waals surface area contributed by atoms with Crippen LogP contribution in [0.3, 0.4) is 0 Å². The van der Waals surface area contributed by atoms with Crippen molar-refractivity contribution in [3.63, 3.8) is 0 Å². The summed E-state index contributed by atoms with van der Waals surface area (Å²) in [4.78, 5) is 12.5. The first kappa shape index (κ1) is 16.7. The Kier molecular flexibility index (Phi) is 4.91. The van der Waals surface area contributed by atoms with Crippen molar-refractivity contribution in [2.45, 2.75) is 31.7 Å². The van der Waals surface area contributed by atoms with E-state index in [1.165, 1.54) is 5.69 Å². The second-order valence-corrected chi connectivity index (χ2v) is 7.11. The minimum Gasteiger partial charge on any atom is -0.464 e. The summed E-state index contributed by atoms with van der Waals surface area (Å²) in [5.74, 6) is 0.685. The molecule has 0 unspecified atom stereocenters. The molecule has 0 saturated heterocycles. The van der Waals surface area contributed by atoms with Crippen molar-refractivity contribution in [3.05, 3.63) is 66.4 Å². The van der Waals surface area contributed by atoms with Gasteiger partial charge in [-0.15, -0.1) is 0 Å². The fraction of sp³-hybridized carbons (Fsp3) is 0.318. The minimum atomic E-state index is 0.0129. The molecule has 4 rings (SSSR count). The zero-order valence-corrected chi connectivity index (χ0v) is 14.8. The third-order valence-electron chi connectivity index (χ3n) is 5.27. The van der Waals surface area contributed by atoms with Crippen LogP contribution in [0.5, 0.6) is 0 Å². The van der Waals surface area contributed by atoms with Gasteiger partial charge in [-0.1, -0.05) is 18.2 Å². The monoisotopic (exact) mass is 348 g/mol. The average molecular weight is 348 g/mol. The van der Waals surface area contributed by atoms with E-state index in [1.54, 1.807) is 6.26 Å².